The van der Waals surface area contributed by atoms with Crippen LogP contribution in [0.5, 0.6) is 0 Å². The molecule has 3 rings (SSSR count). The zero-order valence-electron chi connectivity index (χ0n) is 16.4. The largest absolute Gasteiger partial charge is 0.478 e. The number of fused-ring (bicyclic) bond motifs is 1. The summed E-state index contributed by atoms with van der Waals surface area (Å²) >= 11 is 0. The van der Waals surface area contributed by atoms with Crippen molar-refractivity contribution in [1.82, 2.24) is 0 Å². The van der Waals surface area contributed by atoms with Crippen LogP contribution < -0.4 is 0 Å². The van der Waals surface area contributed by atoms with Gasteiger partial charge in [-0.3, -0.25) is 0 Å². The molecule has 2 aromatic carbocycles. The average molecular weight is 348 g/mol. The Hall–Kier alpha value is -2.35. The van der Waals surface area contributed by atoms with E-state index in [4.69, 9.17) is 0 Å². The summed E-state index contributed by atoms with van der Waals surface area (Å²) < 4.78 is 0. The number of aromatic carboxylic acids is 1. The predicted octanol–water partition coefficient (Wildman–Crippen LogP) is 6.29. The van der Waals surface area contributed by atoms with Crippen LogP contribution in [0.25, 0.3) is 11.6 Å². The molecule has 0 heterocycles. The van der Waals surface area contributed by atoms with Gasteiger partial charge in [0, 0.05) is 0 Å². The van der Waals surface area contributed by atoms with Crippen LogP contribution in [0.1, 0.15) is 80.1 Å². The molecule has 0 aliphatic heterocycles. The second-order valence-corrected chi connectivity index (χ2v) is 8.75. The summed E-state index contributed by atoms with van der Waals surface area (Å²) in [5.74, 6) is -0.891. The van der Waals surface area contributed by atoms with E-state index in [-0.39, 0.29) is 10.8 Å². The Balaban J connectivity index is 2.08. The molecule has 0 amide bonds. The van der Waals surface area contributed by atoms with E-state index in [1.54, 1.807) is 12.1 Å². The highest BCUT2D eigenvalue weighted by Gasteiger charge is 2.36. The Morgan fingerprint density at radius 3 is 2.23 bits per heavy atom. The van der Waals surface area contributed by atoms with Crippen molar-refractivity contribution in [2.75, 3.05) is 0 Å². The first-order chi connectivity index (χ1) is 12.1. The topological polar surface area (TPSA) is 37.3 Å². The van der Waals surface area contributed by atoms with Crippen LogP contribution in [0.3, 0.4) is 0 Å². The third-order valence-electron chi connectivity index (χ3n) is 5.87. The molecule has 1 aliphatic carbocycles. The van der Waals surface area contributed by atoms with Gasteiger partial charge in [-0.1, -0.05) is 70.2 Å². The van der Waals surface area contributed by atoms with Crippen LogP contribution >= 0.6 is 0 Å². The zero-order chi connectivity index (χ0) is 19.1. The maximum absolute atomic E-state index is 11.5. The molecule has 0 saturated carbocycles. The normalized spacial score (nSPS) is 18.3. The first-order valence-corrected chi connectivity index (χ1v) is 9.28. The molecule has 26 heavy (non-hydrogen) atoms. The number of hydrogen-bond acceptors (Lipinski definition) is 1. The lowest BCUT2D eigenvalue weighted by Crippen LogP contribution is -2.33. The van der Waals surface area contributed by atoms with E-state index in [0.717, 1.165) is 16.7 Å². The maximum atomic E-state index is 11.5. The fraction of sp³-hybridized carbons (Fsp3) is 0.375. The van der Waals surface area contributed by atoms with Crippen molar-refractivity contribution in [3.8, 4) is 0 Å². The fourth-order valence-electron chi connectivity index (χ4n) is 3.97. The van der Waals surface area contributed by atoms with Crippen molar-refractivity contribution in [1.29, 1.82) is 0 Å². The number of hydrogen-bond donors (Lipinski definition) is 1. The number of carbonyl (C=O) groups is 1. The third-order valence-corrected chi connectivity index (χ3v) is 5.87. The monoisotopic (exact) mass is 348 g/mol. The molecule has 2 heteroatoms. The van der Waals surface area contributed by atoms with Crippen LogP contribution in [0.4, 0.5) is 0 Å². The van der Waals surface area contributed by atoms with Gasteiger partial charge in [0.25, 0.3) is 0 Å². The molecule has 0 bridgehead atoms. The smallest absolute Gasteiger partial charge is 0.336 e. The lowest BCUT2D eigenvalue weighted by molar-refractivity contribution is 0.0696. The number of rotatable bonds is 3. The molecule has 1 N–H and O–H groups in total. The van der Waals surface area contributed by atoms with Gasteiger partial charge in [0.15, 0.2) is 0 Å². The molecule has 1 aliphatic rings. The van der Waals surface area contributed by atoms with E-state index in [9.17, 15) is 9.90 Å². The second kappa shape index (κ2) is 6.42. The lowest BCUT2D eigenvalue weighted by atomic mass is 9.63. The summed E-state index contributed by atoms with van der Waals surface area (Å²) in [6.07, 6.45) is 4.36. The van der Waals surface area contributed by atoms with Crippen LogP contribution in [0, 0.1) is 0 Å². The summed E-state index contributed by atoms with van der Waals surface area (Å²) in [5, 5.41) is 9.40. The van der Waals surface area contributed by atoms with E-state index in [2.05, 4.69) is 52.8 Å². The first-order valence-electron chi connectivity index (χ1n) is 9.28. The van der Waals surface area contributed by atoms with Crippen LogP contribution in [0.2, 0.25) is 0 Å². The van der Waals surface area contributed by atoms with E-state index in [1.165, 1.54) is 24.0 Å². The van der Waals surface area contributed by atoms with Crippen molar-refractivity contribution in [2.45, 2.75) is 58.3 Å². The molecule has 0 fully saturated rings. The molecule has 0 spiro atoms. The Bertz CT molecular complexity index is 885. The Morgan fingerprint density at radius 1 is 0.962 bits per heavy atom. The van der Waals surface area contributed by atoms with E-state index in [1.807, 2.05) is 18.2 Å². The minimum absolute atomic E-state index is 0.167. The van der Waals surface area contributed by atoms with E-state index >= 15 is 0 Å². The molecule has 0 radical (unpaired) electrons. The average Bonchev–Trinajstić information content (AvgIpc) is 2.59. The second-order valence-electron chi connectivity index (χ2n) is 8.75. The number of benzene rings is 2. The van der Waals surface area contributed by atoms with Gasteiger partial charge in [0.05, 0.1) is 5.56 Å². The Morgan fingerprint density at radius 2 is 1.58 bits per heavy atom. The van der Waals surface area contributed by atoms with Gasteiger partial charge in [-0.25, -0.2) is 4.79 Å². The van der Waals surface area contributed by atoms with Crippen molar-refractivity contribution < 1.29 is 9.90 Å². The predicted molar refractivity (Wildman–Crippen MR) is 109 cm³/mol. The summed E-state index contributed by atoms with van der Waals surface area (Å²) in [5.41, 5.74) is 6.56. The van der Waals surface area contributed by atoms with Gasteiger partial charge in [0.2, 0.25) is 0 Å². The van der Waals surface area contributed by atoms with Crippen LogP contribution in [0.15, 0.2) is 42.5 Å². The number of carboxylic acid groups (broad SMARTS) is 1. The molecule has 0 aromatic heterocycles. The minimum atomic E-state index is -0.891. The number of allylic oxidation sites excluding steroid dienone is 1. The molecular formula is C24H28O2. The summed E-state index contributed by atoms with van der Waals surface area (Å²) in [6.45, 7) is 11.4. The van der Waals surface area contributed by atoms with Gasteiger partial charge in [-0.05, 0) is 64.5 Å². The van der Waals surface area contributed by atoms with Gasteiger partial charge in [-0.2, -0.15) is 0 Å². The van der Waals surface area contributed by atoms with Crippen LogP contribution in [-0.4, -0.2) is 11.1 Å². The molecule has 136 valence electrons. The zero-order valence-corrected chi connectivity index (χ0v) is 16.4. The van der Waals surface area contributed by atoms with Crippen LogP contribution in [-0.2, 0) is 10.8 Å². The highest BCUT2D eigenvalue weighted by Crippen LogP contribution is 2.46. The fourth-order valence-corrected chi connectivity index (χ4v) is 3.97. The standard InChI is InChI=1S/C24H28O2/c1-16(14-18-8-6-7-9-19(18)22(25)26)17-10-11-20-21(15-17)24(4,5)13-12-23(20,2)3/h6-11,14-15H,12-13H2,1-5H3,(H,25,26)/b16-14+. The molecule has 0 atom stereocenters. The highest BCUT2D eigenvalue weighted by atomic mass is 16.4. The van der Waals surface area contributed by atoms with Crippen molar-refractivity contribution in [3.63, 3.8) is 0 Å². The maximum Gasteiger partial charge on any atom is 0.336 e. The summed E-state index contributed by atoms with van der Waals surface area (Å²) in [7, 11) is 0. The SMILES string of the molecule is C/C(=C\c1ccccc1C(=O)O)c1ccc2c(c1)C(C)(C)CCC2(C)C. The first kappa shape index (κ1) is 18.4. The van der Waals surface area contributed by atoms with Gasteiger partial charge >= 0.3 is 5.97 Å². The van der Waals surface area contributed by atoms with Gasteiger partial charge in [0.1, 0.15) is 0 Å². The van der Waals surface area contributed by atoms with Gasteiger partial charge < -0.3 is 5.11 Å². The molecule has 0 unspecified atom stereocenters. The molecule has 2 aromatic rings. The van der Waals surface area contributed by atoms with E-state index in [0.29, 0.717) is 5.56 Å². The number of carboxylic acids is 1. The summed E-state index contributed by atoms with van der Waals surface area (Å²) in [4.78, 5) is 11.5. The van der Waals surface area contributed by atoms with Crippen molar-refractivity contribution >= 4 is 17.6 Å². The highest BCUT2D eigenvalue weighted by molar-refractivity contribution is 5.95. The lowest BCUT2D eigenvalue weighted by Gasteiger charge is -2.42. The molecular weight excluding hydrogens is 320 g/mol. The quantitative estimate of drug-likeness (QED) is 0.661. The Kier molecular flexibility index (Phi) is 4.56. The van der Waals surface area contributed by atoms with Crippen molar-refractivity contribution in [3.05, 3.63) is 70.3 Å². The molecule has 2 nitrogen and oxygen atoms in total. The minimum Gasteiger partial charge on any atom is -0.478 e. The van der Waals surface area contributed by atoms with E-state index < -0.39 is 5.97 Å². The summed E-state index contributed by atoms with van der Waals surface area (Å²) in [6, 6.07) is 13.9. The van der Waals surface area contributed by atoms with Gasteiger partial charge in [-0.15, -0.1) is 0 Å². The molecule has 0 saturated heterocycles. The third kappa shape index (κ3) is 3.33. The Labute approximate surface area is 156 Å². The van der Waals surface area contributed by atoms with Crippen molar-refractivity contribution in [2.24, 2.45) is 0 Å².